The first kappa shape index (κ1) is 14.4. The van der Waals surface area contributed by atoms with E-state index in [2.05, 4.69) is 16.6 Å². The molecule has 0 aliphatic heterocycles. The fraction of sp³-hybridized carbons (Fsp3) is 0.250. The van der Waals surface area contributed by atoms with Gasteiger partial charge in [-0.25, -0.2) is 4.39 Å². The fourth-order valence-electron chi connectivity index (χ4n) is 1.26. The fourth-order valence-corrected chi connectivity index (χ4v) is 1.26. The highest BCUT2D eigenvalue weighted by molar-refractivity contribution is 5.72. The number of anilines is 1. The summed E-state index contributed by atoms with van der Waals surface area (Å²) in [6.45, 7) is 1.90. The van der Waals surface area contributed by atoms with Crippen LogP contribution in [0.15, 0.2) is 12.1 Å². The number of nitrogens with zero attached hydrogens (tertiary/aromatic N) is 1. The standard InChI is InChI=1S/C12H11FN2O4/c1-2-19-11(16)5-3-4-8-6-9(13)12(14)10(7-8)15(17)18/h6-7H,2,5,14H2,1H3. The van der Waals surface area contributed by atoms with Crippen LogP contribution >= 0.6 is 0 Å². The van der Waals surface area contributed by atoms with Crippen molar-refractivity contribution >= 4 is 17.3 Å². The van der Waals surface area contributed by atoms with Crippen molar-refractivity contribution in [2.45, 2.75) is 13.3 Å². The van der Waals surface area contributed by atoms with Crippen molar-refractivity contribution in [3.8, 4) is 11.8 Å². The summed E-state index contributed by atoms with van der Waals surface area (Å²) in [5.41, 5.74) is 4.21. The summed E-state index contributed by atoms with van der Waals surface area (Å²) in [7, 11) is 0. The molecule has 0 aliphatic rings. The van der Waals surface area contributed by atoms with Crippen molar-refractivity contribution in [1.29, 1.82) is 0 Å². The Bertz CT molecular complexity index is 575. The Morgan fingerprint density at radius 1 is 1.58 bits per heavy atom. The van der Waals surface area contributed by atoms with Gasteiger partial charge in [0.15, 0.2) is 5.82 Å². The largest absolute Gasteiger partial charge is 0.465 e. The lowest BCUT2D eigenvalue weighted by molar-refractivity contribution is -0.384. The van der Waals surface area contributed by atoms with E-state index in [9.17, 15) is 19.3 Å². The first-order valence-electron chi connectivity index (χ1n) is 5.33. The van der Waals surface area contributed by atoms with E-state index in [0.717, 1.165) is 12.1 Å². The van der Waals surface area contributed by atoms with Crippen LogP contribution in [0.2, 0.25) is 0 Å². The summed E-state index contributed by atoms with van der Waals surface area (Å²) in [5, 5.41) is 10.6. The van der Waals surface area contributed by atoms with E-state index in [1.807, 2.05) is 0 Å². The van der Waals surface area contributed by atoms with Gasteiger partial charge in [-0.1, -0.05) is 11.8 Å². The van der Waals surface area contributed by atoms with E-state index in [0.29, 0.717) is 0 Å². The number of hydrogen-bond acceptors (Lipinski definition) is 5. The molecule has 0 bridgehead atoms. The van der Waals surface area contributed by atoms with Gasteiger partial charge in [0, 0.05) is 11.6 Å². The lowest BCUT2D eigenvalue weighted by Crippen LogP contribution is -2.02. The van der Waals surface area contributed by atoms with Gasteiger partial charge in [0.1, 0.15) is 12.1 Å². The number of nitro benzene ring substituents is 1. The minimum absolute atomic E-state index is 0.0719. The first-order valence-corrected chi connectivity index (χ1v) is 5.33. The van der Waals surface area contributed by atoms with Gasteiger partial charge in [0.05, 0.1) is 11.5 Å². The minimum Gasteiger partial charge on any atom is -0.465 e. The third kappa shape index (κ3) is 3.96. The zero-order valence-electron chi connectivity index (χ0n) is 10.1. The van der Waals surface area contributed by atoms with E-state index < -0.39 is 28.1 Å². The summed E-state index contributed by atoms with van der Waals surface area (Å²) in [4.78, 5) is 20.8. The Kier molecular flexibility index (Phi) is 4.83. The Morgan fingerprint density at radius 3 is 2.84 bits per heavy atom. The molecule has 0 aliphatic carbocycles. The Balaban J connectivity index is 2.94. The van der Waals surface area contributed by atoms with Gasteiger partial charge in [-0.15, -0.1) is 0 Å². The molecule has 100 valence electrons. The van der Waals surface area contributed by atoms with E-state index in [1.165, 1.54) is 0 Å². The van der Waals surface area contributed by atoms with Crippen molar-refractivity contribution in [2.75, 3.05) is 12.3 Å². The molecule has 0 fully saturated rings. The van der Waals surface area contributed by atoms with Crippen molar-refractivity contribution in [2.24, 2.45) is 0 Å². The molecule has 6 nitrogen and oxygen atoms in total. The molecule has 0 unspecified atom stereocenters. The molecule has 0 spiro atoms. The van der Waals surface area contributed by atoms with Crippen LogP contribution in [0.25, 0.3) is 0 Å². The van der Waals surface area contributed by atoms with Crippen LogP contribution in [0.3, 0.4) is 0 Å². The average molecular weight is 266 g/mol. The number of rotatable bonds is 3. The quantitative estimate of drug-likeness (QED) is 0.295. The number of esters is 1. The lowest BCUT2D eigenvalue weighted by atomic mass is 10.1. The SMILES string of the molecule is CCOC(=O)CC#Cc1cc(F)c(N)c([N+](=O)[O-])c1. The number of benzene rings is 1. The smallest absolute Gasteiger partial charge is 0.317 e. The highest BCUT2D eigenvalue weighted by Gasteiger charge is 2.16. The normalized spacial score (nSPS) is 9.37. The monoisotopic (exact) mass is 266 g/mol. The molecule has 0 saturated heterocycles. The highest BCUT2D eigenvalue weighted by atomic mass is 19.1. The molecule has 2 N–H and O–H groups in total. The molecule has 1 rings (SSSR count). The number of ether oxygens (including phenoxy) is 1. The summed E-state index contributed by atoms with van der Waals surface area (Å²) in [6, 6.07) is 2.02. The molecule has 19 heavy (non-hydrogen) atoms. The molecular formula is C12H11FN2O4. The molecule has 0 amide bonds. The predicted octanol–water partition coefficient (Wildman–Crippen LogP) is 1.62. The van der Waals surface area contributed by atoms with Crippen LogP contribution in [0.5, 0.6) is 0 Å². The van der Waals surface area contributed by atoms with Crippen LogP contribution in [0.4, 0.5) is 15.8 Å². The zero-order valence-corrected chi connectivity index (χ0v) is 10.1. The van der Waals surface area contributed by atoms with Crippen molar-refractivity contribution in [1.82, 2.24) is 0 Å². The Morgan fingerprint density at radius 2 is 2.26 bits per heavy atom. The van der Waals surface area contributed by atoms with Gasteiger partial charge in [0.25, 0.3) is 5.69 Å². The summed E-state index contributed by atoms with van der Waals surface area (Å²) in [5.74, 6) is 3.46. The molecule has 0 aromatic heterocycles. The summed E-state index contributed by atoms with van der Waals surface area (Å²) in [6.07, 6.45) is -0.173. The number of halogens is 1. The van der Waals surface area contributed by atoms with Gasteiger partial charge in [-0.3, -0.25) is 14.9 Å². The maximum atomic E-state index is 13.3. The molecule has 7 heteroatoms. The maximum Gasteiger partial charge on any atom is 0.317 e. The molecule has 0 radical (unpaired) electrons. The Hall–Kier alpha value is -2.62. The van der Waals surface area contributed by atoms with Crippen molar-refractivity contribution in [3.63, 3.8) is 0 Å². The summed E-state index contributed by atoms with van der Waals surface area (Å²) < 4.78 is 18.0. The van der Waals surface area contributed by atoms with Gasteiger partial charge in [-0.2, -0.15) is 0 Å². The third-order valence-electron chi connectivity index (χ3n) is 2.08. The zero-order chi connectivity index (χ0) is 14.4. The van der Waals surface area contributed by atoms with E-state index in [4.69, 9.17) is 5.73 Å². The van der Waals surface area contributed by atoms with Gasteiger partial charge in [0.2, 0.25) is 0 Å². The van der Waals surface area contributed by atoms with Crippen LogP contribution in [0, 0.1) is 27.8 Å². The average Bonchev–Trinajstić information content (AvgIpc) is 2.33. The molecular weight excluding hydrogens is 255 g/mol. The van der Waals surface area contributed by atoms with Crippen LogP contribution in [-0.2, 0) is 9.53 Å². The number of nitro groups is 1. The topological polar surface area (TPSA) is 95.5 Å². The van der Waals surface area contributed by atoms with E-state index >= 15 is 0 Å². The van der Waals surface area contributed by atoms with Crippen LogP contribution in [0.1, 0.15) is 18.9 Å². The molecule has 0 heterocycles. The minimum atomic E-state index is -0.922. The molecule has 1 aromatic carbocycles. The molecule has 0 atom stereocenters. The number of hydrogen-bond donors (Lipinski definition) is 1. The molecule has 1 aromatic rings. The first-order chi connectivity index (χ1) is 8.95. The Labute approximate surface area is 108 Å². The van der Waals surface area contributed by atoms with Gasteiger partial charge < -0.3 is 10.5 Å². The predicted molar refractivity (Wildman–Crippen MR) is 65.6 cm³/mol. The second-order valence-corrected chi connectivity index (χ2v) is 3.43. The summed E-state index contributed by atoms with van der Waals surface area (Å²) >= 11 is 0. The van der Waals surface area contributed by atoms with E-state index in [-0.39, 0.29) is 18.6 Å². The maximum absolute atomic E-state index is 13.3. The van der Waals surface area contributed by atoms with E-state index in [1.54, 1.807) is 6.92 Å². The van der Waals surface area contributed by atoms with Crippen molar-refractivity contribution < 1.29 is 18.8 Å². The molecule has 0 saturated carbocycles. The van der Waals surface area contributed by atoms with Crippen LogP contribution in [-0.4, -0.2) is 17.5 Å². The highest BCUT2D eigenvalue weighted by Crippen LogP contribution is 2.25. The lowest BCUT2D eigenvalue weighted by Gasteiger charge is -1.99. The second kappa shape index (κ2) is 6.35. The second-order valence-electron chi connectivity index (χ2n) is 3.43. The third-order valence-corrected chi connectivity index (χ3v) is 2.08. The number of carbonyl (C=O) groups is 1. The van der Waals surface area contributed by atoms with Crippen molar-refractivity contribution in [3.05, 3.63) is 33.6 Å². The van der Waals surface area contributed by atoms with Gasteiger partial charge in [-0.05, 0) is 13.0 Å². The van der Waals surface area contributed by atoms with Gasteiger partial charge >= 0.3 is 5.97 Å². The number of nitrogens with two attached hydrogens (primary N) is 1. The number of nitrogen functional groups attached to an aromatic ring is 1. The number of carbonyl (C=O) groups excluding carboxylic acids is 1. The van der Waals surface area contributed by atoms with Crippen LogP contribution < -0.4 is 5.73 Å².